The Bertz CT molecular complexity index is 1040. The molecule has 1 fully saturated rings. The number of hydrogen-bond acceptors (Lipinski definition) is 7. The second kappa shape index (κ2) is 10.7. The number of tetrazole rings is 1. The lowest BCUT2D eigenvalue weighted by Gasteiger charge is -2.34. The average molecular weight is 477 g/mol. The molecule has 1 saturated heterocycles. The van der Waals surface area contributed by atoms with Crippen LogP contribution in [0, 0.1) is 0 Å². The van der Waals surface area contributed by atoms with Crippen LogP contribution >= 0.6 is 23.2 Å². The summed E-state index contributed by atoms with van der Waals surface area (Å²) in [5.74, 6) is 0.627. The second-order valence-corrected chi connectivity index (χ2v) is 7.94. The topological polar surface area (TPSA) is 94.4 Å². The van der Waals surface area contributed by atoms with E-state index in [0.717, 1.165) is 18.7 Å². The van der Waals surface area contributed by atoms with Gasteiger partial charge in [-0.2, -0.15) is 0 Å². The minimum atomic E-state index is -0.571. The zero-order chi connectivity index (χ0) is 22.3. The third-order valence-corrected chi connectivity index (χ3v) is 5.64. The fourth-order valence-corrected chi connectivity index (χ4v) is 3.88. The highest BCUT2D eigenvalue weighted by molar-refractivity contribution is 6.31. The van der Waals surface area contributed by atoms with Crippen molar-refractivity contribution in [2.75, 3.05) is 38.2 Å². The van der Waals surface area contributed by atoms with Crippen molar-refractivity contribution >= 4 is 35.0 Å². The lowest BCUT2D eigenvalue weighted by molar-refractivity contribution is 0.0214. The molecule has 1 N–H and O–H groups in total. The number of halogens is 2. The molecule has 32 heavy (non-hydrogen) atoms. The Labute approximate surface area is 195 Å². The van der Waals surface area contributed by atoms with Gasteiger partial charge in [0, 0.05) is 28.8 Å². The fourth-order valence-electron chi connectivity index (χ4n) is 3.51. The van der Waals surface area contributed by atoms with Crippen molar-refractivity contribution in [1.29, 1.82) is 0 Å². The molecular formula is C21H22Cl2N6O3. The van der Waals surface area contributed by atoms with Crippen molar-refractivity contribution in [2.24, 2.45) is 0 Å². The summed E-state index contributed by atoms with van der Waals surface area (Å²) in [5.41, 5.74) is 1.50. The molecule has 1 aliphatic rings. The Morgan fingerprint density at radius 2 is 1.88 bits per heavy atom. The Kier molecular flexibility index (Phi) is 7.54. The molecule has 11 heteroatoms. The molecule has 2 heterocycles. The molecule has 1 atom stereocenters. The van der Waals surface area contributed by atoms with E-state index < -0.39 is 6.09 Å². The first-order chi connectivity index (χ1) is 15.6. The first kappa shape index (κ1) is 22.5. The van der Waals surface area contributed by atoms with Gasteiger partial charge < -0.3 is 9.47 Å². The van der Waals surface area contributed by atoms with E-state index in [1.165, 1.54) is 0 Å². The van der Waals surface area contributed by atoms with Gasteiger partial charge in [-0.3, -0.25) is 10.2 Å². The lowest BCUT2D eigenvalue weighted by atomic mass is 10.0. The van der Waals surface area contributed by atoms with Gasteiger partial charge in [0.25, 0.3) is 0 Å². The van der Waals surface area contributed by atoms with Crippen LogP contribution in [0.3, 0.4) is 0 Å². The number of ether oxygens (including phenoxy) is 2. The molecule has 1 aliphatic heterocycles. The number of amides is 1. The Morgan fingerprint density at radius 1 is 1.12 bits per heavy atom. The molecule has 1 aromatic heterocycles. The maximum atomic E-state index is 12.1. The maximum absolute atomic E-state index is 12.1. The molecule has 4 rings (SSSR count). The molecule has 0 bridgehead atoms. The number of benzene rings is 2. The molecule has 0 radical (unpaired) electrons. The van der Waals surface area contributed by atoms with Gasteiger partial charge in [-0.25, -0.2) is 9.48 Å². The van der Waals surface area contributed by atoms with E-state index in [1.54, 1.807) is 28.9 Å². The van der Waals surface area contributed by atoms with Crippen LogP contribution in [-0.2, 0) is 16.0 Å². The third kappa shape index (κ3) is 5.55. The SMILES string of the molecule is O=C(Nc1ccc(Cl)cc1)OCCn1nnnc1[C@H](c1ccccc1Cl)N1CCOCC1. The van der Waals surface area contributed by atoms with Crippen LogP contribution in [0.15, 0.2) is 48.5 Å². The quantitative estimate of drug-likeness (QED) is 0.555. The molecule has 2 aromatic carbocycles. The number of morpholine rings is 1. The van der Waals surface area contributed by atoms with Crippen LogP contribution in [0.1, 0.15) is 17.4 Å². The second-order valence-electron chi connectivity index (χ2n) is 7.10. The molecule has 1 amide bonds. The minimum Gasteiger partial charge on any atom is -0.447 e. The summed E-state index contributed by atoms with van der Waals surface area (Å²) in [6.45, 7) is 3.08. The Morgan fingerprint density at radius 3 is 2.62 bits per heavy atom. The van der Waals surface area contributed by atoms with Gasteiger partial charge in [-0.15, -0.1) is 5.10 Å². The number of rotatable bonds is 7. The van der Waals surface area contributed by atoms with E-state index in [-0.39, 0.29) is 12.6 Å². The minimum absolute atomic E-state index is 0.0931. The van der Waals surface area contributed by atoms with Crippen molar-refractivity contribution < 1.29 is 14.3 Å². The summed E-state index contributed by atoms with van der Waals surface area (Å²) in [6.07, 6.45) is -0.571. The maximum Gasteiger partial charge on any atom is 0.411 e. The number of anilines is 1. The van der Waals surface area contributed by atoms with Crippen LogP contribution in [0.5, 0.6) is 0 Å². The van der Waals surface area contributed by atoms with E-state index in [9.17, 15) is 4.79 Å². The van der Waals surface area contributed by atoms with Gasteiger partial charge in [0.15, 0.2) is 5.82 Å². The molecule has 3 aromatic rings. The zero-order valence-corrected chi connectivity index (χ0v) is 18.7. The third-order valence-electron chi connectivity index (χ3n) is 5.04. The summed E-state index contributed by atoms with van der Waals surface area (Å²) < 4.78 is 12.4. The van der Waals surface area contributed by atoms with Crippen LogP contribution in [-0.4, -0.2) is 64.1 Å². The zero-order valence-electron chi connectivity index (χ0n) is 17.2. The van der Waals surface area contributed by atoms with Crippen LogP contribution in [0.25, 0.3) is 0 Å². The number of carbonyl (C=O) groups excluding carboxylic acids is 1. The molecule has 168 valence electrons. The number of aromatic nitrogens is 4. The Hall–Kier alpha value is -2.72. The molecule has 9 nitrogen and oxygen atoms in total. The van der Waals surface area contributed by atoms with Crippen molar-refractivity contribution in [3.8, 4) is 0 Å². The van der Waals surface area contributed by atoms with Crippen LogP contribution < -0.4 is 5.32 Å². The fraction of sp³-hybridized carbons (Fsp3) is 0.333. The number of nitrogens with zero attached hydrogens (tertiary/aromatic N) is 5. The molecule has 0 saturated carbocycles. The molecule has 0 aliphatic carbocycles. The molecule has 0 unspecified atom stereocenters. The van der Waals surface area contributed by atoms with Gasteiger partial charge in [0.1, 0.15) is 6.61 Å². The summed E-state index contributed by atoms with van der Waals surface area (Å²) in [4.78, 5) is 14.3. The van der Waals surface area contributed by atoms with E-state index in [0.29, 0.717) is 41.3 Å². The van der Waals surface area contributed by atoms with Gasteiger partial charge in [-0.05, 0) is 46.3 Å². The van der Waals surface area contributed by atoms with Crippen molar-refractivity contribution in [3.05, 3.63) is 70.0 Å². The summed E-state index contributed by atoms with van der Waals surface area (Å²) in [7, 11) is 0. The van der Waals surface area contributed by atoms with Crippen molar-refractivity contribution in [3.63, 3.8) is 0 Å². The average Bonchev–Trinajstić information content (AvgIpc) is 3.26. The first-order valence-corrected chi connectivity index (χ1v) is 10.9. The largest absolute Gasteiger partial charge is 0.447 e. The lowest BCUT2D eigenvalue weighted by Crippen LogP contribution is -2.40. The van der Waals surface area contributed by atoms with Gasteiger partial charge >= 0.3 is 6.09 Å². The van der Waals surface area contributed by atoms with Crippen molar-refractivity contribution in [1.82, 2.24) is 25.1 Å². The highest BCUT2D eigenvalue weighted by Crippen LogP contribution is 2.32. The molecule has 0 spiro atoms. The van der Waals surface area contributed by atoms with Gasteiger partial charge in [0.2, 0.25) is 0 Å². The monoisotopic (exact) mass is 476 g/mol. The van der Waals surface area contributed by atoms with Gasteiger partial charge in [-0.1, -0.05) is 41.4 Å². The predicted octanol–water partition coefficient (Wildman–Crippen LogP) is 3.65. The smallest absolute Gasteiger partial charge is 0.411 e. The number of hydrogen-bond donors (Lipinski definition) is 1. The summed E-state index contributed by atoms with van der Waals surface area (Å²) >= 11 is 12.4. The van der Waals surface area contributed by atoms with E-state index >= 15 is 0 Å². The predicted molar refractivity (Wildman–Crippen MR) is 120 cm³/mol. The van der Waals surface area contributed by atoms with E-state index in [2.05, 4.69) is 25.7 Å². The normalized spacial score (nSPS) is 15.3. The Balaban J connectivity index is 1.45. The van der Waals surface area contributed by atoms with E-state index in [1.807, 2.05) is 24.3 Å². The van der Waals surface area contributed by atoms with Crippen LogP contribution in [0.4, 0.5) is 10.5 Å². The molecular weight excluding hydrogens is 455 g/mol. The standard InChI is InChI=1S/C21H22Cl2N6O3/c22-15-5-7-16(8-6-15)24-21(30)32-14-11-29-20(25-26-27-29)19(28-9-12-31-13-10-28)17-3-1-2-4-18(17)23/h1-8,19H,9-14H2,(H,24,30)/t19-/m0/s1. The van der Waals surface area contributed by atoms with Gasteiger partial charge in [0.05, 0.1) is 25.8 Å². The van der Waals surface area contributed by atoms with Crippen LogP contribution in [0.2, 0.25) is 10.0 Å². The highest BCUT2D eigenvalue weighted by Gasteiger charge is 2.30. The first-order valence-electron chi connectivity index (χ1n) is 10.1. The van der Waals surface area contributed by atoms with Crippen molar-refractivity contribution in [2.45, 2.75) is 12.6 Å². The summed E-state index contributed by atoms with van der Waals surface area (Å²) in [6, 6.07) is 14.2. The van der Waals surface area contributed by atoms with E-state index in [4.69, 9.17) is 32.7 Å². The summed E-state index contributed by atoms with van der Waals surface area (Å²) in [5, 5.41) is 16.1. The number of carbonyl (C=O) groups is 1. The number of nitrogens with one attached hydrogen (secondary N) is 1. The highest BCUT2D eigenvalue weighted by atomic mass is 35.5.